The highest BCUT2D eigenvalue weighted by Gasteiger charge is 2.29. The summed E-state index contributed by atoms with van der Waals surface area (Å²) >= 11 is 0. The van der Waals surface area contributed by atoms with Gasteiger partial charge in [0.25, 0.3) is 0 Å². The topological polar surface area (TPSA) is 82.5 Å². The number of nitrogens with zero attached hydrogens (tertiary/aromatic N) is 2. The Morgan fingerprint density at radius 2 is 1.88 bits per heavy atom. The molecular weight excluding hydrogens is 318 g/mol. The number of aliphatic carboxylic acids is 1. The Morgan fingerprint density at radius 3 is 2.48 bits per heavy atom. The molecule has 0 unspecified atom stereocenters. The fourth-order valence-electron chi connectivity index (χ4n) is 3.94. The largest absolute Gasteiger partial charge is 0.481 e. The van der Waals surface area contributed by atoms with E-state index in [1.54, 1.807) is 6.20 Å². The predicted octanol–water partition coefficient (Wildman–Crippen LogP) is 2.69. The Bertz CT molecular complexity index is 577. The van der Waals surface area contributed by atoms with E-state index in [0.717, 1.165) is 45.2 Å². The summed E-state index contributed by atoms with van der Waals surface area (Å²) < 4.78 is 0. The van der Waals surface area contributed by atoms with E-state index in [1.807, 2.05) is 17.2 Å². The number of pyridine rings is 1. The SMILES string of the molecule is O=C(O)C1CCC(NC(=O)N2CCC(Cc3cccnc3)CC2)CC1. The molecule has 2 heterocycles. The number of carbonyl (C=O) groups excluding carboxylic acids is 1. The summed E-state index contributed by atoms with van der Waals surface area (Å²) in [6, 6.07) is 4.21. The average Bonchev–Trinajstić information content (AvgIpc) is 2.63. The number of piperidine rings is 1. The molecule has 0 bridgehead atoms. The molecule has 2 amide bonds. The second kappa shape index (κ2) is 8.32. The fraction of sp³-hybridized carbons (Fsp3) is 0.632. The standard InChI is InChI=1S/C19H27N3O3/c23-18(24)16-3-5-17(6-4-16)21-19(25)22-10-7-14(8-11-22)12-15-2-1-9-20-13-15/h1-2,9,13-14,16-17H,3-8,10-12H2,(H,21,25)(H,23,24). The molecule has 2 aliphatic rings. The summed E-state index contributed by atoms with van der Waals surface area (Å²) in [6.07, 6.45) is 9.64. The minimum Gasteiger partial charge on any atom is -0.481 e. The zero-order valence-electron chi connectivity index (χ0n) is 14.6. The van der Waals surface area contributed by atoms with Crippen molar-refractivity contribution >= 4 is 12.0 Å². The minimum absolute atomic E-state index is 0.0126. The van der Waals surface area contributed by atoms with Gasteiger partial charge in [0, 0.05) is 31.5 Å². The molecule has 6 nitrogen and oxygen atoms in total. The molecule has 1 aromatic heterocycles. The second-order valence-corrected chi connectivity index (χ2v) is 7.33. The Kier molecular flexibility index (Phi) is 5.89. The Labute approximate surface area is 148 Å². The number of urea groups is 1. The van der Waals surface area contributed by atoms with Crippen LogP contribution in [0.5, 0.6) is 0 Å². The number of amides is 2. The third-order valence-corrected chi connectivity index (χ3v) is 5.55. The maximum absolute atomic E-state index is 12.4. The maximum atomic E-state index is 12.4. The van der Waals surface area contributed by atoms with Crippen molar-refractivity contribution in [1.29, 1.82) is 0 Å². The number of carboxylic acid groups (broad SMARTS) is 1. The van der Waals surface area contributed by atoms with Crippen molar-refractivity contribution in [2.24, 2.45) is 11.8 Å². The van der Waals surface area contributed by atoms with Crippen LogP contribution in [0.4, 0.5) is 4.79 Å². The van der Waals surface area contributed by atoms with Gasteiger partial charge >= 0.3 is 12.0 Å². The van der Waals surface area contributed by atoms with E-state index in [9.17, 15) is 9.59 Å². The molecule has 3 rings (SSSR count). The summed E-state index contributed by atoms with van der Waals surface area (Å²) in [5, 5.41) is 12.1. The Balaban J connectivity index is 1.39. The summed E-state index contributed by atoms with van der Waals surface area (Å²) in [5.74, 6) is -0.337. The second-order valence-electron chi connectivity index (χ2n) is 7.33. The molecule has 1 saturated carbocycles. The number of likely N-dealkylation sites (tertiary alicyclic amines) is 1. The molecule has 1 saturated heterocycles. The van der Waals surface area contributed by atoms with Crippen molar-refractivity contribution in [3.8, 4) is 0 Å². The van der Waals surface area contributed by atoms with E-state index in [-0.39, 0.29) is 18.0 Å². The van der Waals surface area contributed by atoms with Gasteiger partial charge in [-0.05, 0) is 62.5 Å². The molecule has 0 aromatic carbocycles. The number of carbonyl (C=O) groups is 2. The highest BCUT2D eigenvalue weighted by atomic mass is 16.4. The number of carboxylic acids is 1. The first-order valence-corrected chi connectivity index (χ1v) is 9.29. The first-order chi connectivity index (χ1) is 12.1. The highest BCUT2D eigenvalue weighted by Crippen LogP contribution is 2.25. The lowest BCUT2D eigenvalue weighted by molar-refractivity contribution is -0.142. The van der Waals surface area contributed by atoms with Gasteiger partial charge in [-0.1, -0.05) is 6.07 Å². The number of hydrogen-bond acceptors (Lipinski definition) is 3. The van der Waals surface area contributed by atoms with Crippen LogP contribution in [0.15, 0.2) is 24.5 Å². The first kappa shape index (κ1) is 17.7. The van der Waals surface area contributed by atoms with Gasteiger partial charge in [0.2, 0.25) is 0 Å². The van der Waals surface area contributed by atoms with E-state index >= 15 is 0 Å². The van der Waals surface area contributed by atoms with Crippen LogP contribution in [0, 0.1) is 11.8 Å². The predicted molar refractivity (Wildman–Crippen MR) is 94.2 cm³/mol. The van der Waals surface area contributed by atoms with E-state index in [0.29, 0.717) is 18.8 Å². The van der Waals surface area contributed by atoms with Crippen molar-refractivity contribution in [3.63, 3.8) is 0 Å². The maximum Gasteiger partial charge on any atom is 0.317 e. The molecular formula is C19H27N3O3. The minimum atomic E-state index is -0.708. The van der Waals surface area contributed by atoms with Crippen LogP contribution >= 0.6 is 0 Å². The van der Waals surface area contributed by atoms with Crippen molar-refractivity contribution in [1.82, 2.24) is 15.2 Å². The zero-order valence-corrected chi connectivity index (χ0v) is 14.6. The molecule has 1 aliphatic carbocycles. The van der Waals surface area contributed by atoms with Crippen LogP contribution in [-0.4, -0.2) is 46.1 Å². The summed E-state index contributed by atoms with van der Waals surface area (Å²) in [4.78, 5) is 29.5. The number of hydrogen-bond donors (Lipinski definition) is 2. The lowest BCUT2D eigenvalue weighted by Crippen LogP contribution is -2.49. The van der Waals surface area contributed by atoms with Crippen LogP contribution in [0.3, 0.4) is 0 Å². The molecule has 0 atom stereocenters. The lowest BCUT2D eigenvalue weighted by atomic mass is 9.86. The molecule has 0 spiro atoms. The molecule has 25 heavy (non-hydrogen) atoms. The van der Waals surface area contributed by atoms with Crippen LogP contribution in [0.2, 0.25) is 0 Å². The third-order valence-electron chi connectivity index (χ3n) is 5.55. The number of rotatable bonds is 4. The van der Waals surface area contributed by atoms with Crippen molar-refractivity contribution < 1.29 is 14.7 Å². The van der Waals surface area contributed by atoms with E-state index in [1.165, 1.54) is 5.56 Å². The van der Waals surface area contributed by atoms with Gasteiger partial charge in [-0.25, -0.2) is 4.79 Å². The molecule has 2 N–H and O–H groups in total. The van der Waals surface area contributed by atoms with Gasteiger partial charge in [-0.15, -0.1) is 0 Å². The summed E-state index contributed by atoms with van der Waals surface area (Å²) in [6.45, 7) is 1.59. The molecule has 0 radical (unpaired) electrons. The molecule has 1 aromatic rings. The highest BCUT2D eigenvalue weighted by molar-refractivity contribution is 5.74. The van der Waals surface area contributed by atoms with Crippen LogP contribution in [-0.2, 0) is 11.2 Å². The zero-order chi connectivity index (χ0) is 17.6. The van der Waals surface area contributed by atoms with Crippen LogP contribution in [0.1, 0.15) is 44.1 Å². The lowest BCUT2D eigenvalue weighted by Gasteiger charge is -2.34. The smallest absolute Gasteiger partial charge is 0.317 e. The fourth-order valence-corrected chi connectivity index (χ4v) is 3.94. The Morgan fingerprint density at radius 1 is 1.16 bits per heavy atom. The van der Waals surface area contributed by atoms with E-state index in [4.69, 9.17) is 5.11 Å². The normalized spacial score (nSPS) is 24.7. The van der Waals surface area contributed by atoms with Gasteiger partial charge in [0.1, 0.15) is 0 Å². The van der Waals surface area contributed by atoms with Crippen LogP contribution in [0.25, 0.3) is 0 Å². The van der Waals surface area contributed by atoms with Gasteiger partial charge in [0.15, 0.2) is 0 Å². The summed E-state index contributed by atoms with van der Waals surface area (Å²) in [7, 11) is 0. The number of aromatic nitrogens is 1. The Hall–Kier alpha value is -2.11. The van der Waals surface area contributed by atoms with E-state index < -0.39 is 5.97 Å². The van der Waals surface area contributed by atoms with Gasteiger partial charge in [-0.3, -0.25) is 9.78 Å². The van der Waals surface area contributed by atoms with Crippen molar-refractivity contribution in [3.05, 3.63) is 30.1 Å². The quantitative estimate of drug-likeness (QED) is 0.879. The molecule has 2 fully saturated rings. The van der Waals surface area contributed by atoms with Crippen molar-refractivity contribution in [2.75, 3.05) is 13.1 Å². The molecule has 1 aliphatic heterocycles. The molecule has 6 heteroatoms. The van der Waals surface area contributed by atoms with Crippen LogP contribution < -0.4 is 5.32 Å². The van der Waals surface area contributed by atoms with Gasteiger partial charge in [-0.2, -0.15) is 0 Å². The molecule has 136 valence electrons. The summed E-state index contributed by atoms with van der Waals surface area (Å²) in [5.41, 5.74) is 1.26. The first-order valence-electron chi connectivity index (χ1n) is 9.29. The van der Waals surface area contributed by atoms with Gasteiger partial charge < -0.3 is 15.3 Å². The average molecular weight is 345 g/mol. The number of nitrogens with one attached hydrogen (secondary N) is 1. The third kappa shape index (κ3) is 4.94. The van der Waals surface area contributed by atoms with Crippen molar-refractivity contribution in [2.45, 2.75) is 51.0 Å². The van der Waals surface area contributed by atoms with E-state index in [2.05, 4.69) is 16.4 Å². The monoisotopic (exact) mass is 345 g/mol. The van der Waals surface area contributed by atoms with Gasteiger partial charge in [0.05, 0.1) is 5.92 Å².